The molecule has 0 saturated heterocycles. The molecule has 0 unspecified atom stereocenters. The molecule has 2 aromatic heterocycles. The average molecular weight is 444 g/mol. The number of furan rings is 1. The van der Waals surface area contributed by atoms with Crippen molar-refractivity contribution in [1.82, 2.24) is 21.2 Å². The Balaban J connectivity index is 1.77. The Hall–Kier alpha value is -4.17. The van der Waals surface area contributed by atoms with Crippen molar-refractivity contribution in [2.45, 2.75) is 0 Å². The first-order valence-corrected chi connectivity index (χ1v) is 10.3. The van der Waals surface area contributed by atoms with Crippen LogP contribution in [0.1, 0.15) is 10.6 Å². The van der Waals surface area contributed by atoms with Gasteiger partial charge in [0.15, 0.2) is 5.11 Å². The number of nitrogens with one attached hydrogen (secondary N) is 3. The fraction of sp³-hybridized carbons (Fsp3) is 0.0417. The molecule has 8 heteroatoms. The van der Waals surface area contributed by atoms with Crippen molar-refractivity contribution >= 4 is 40.0 Å². The van der Waals surface area contributed by atoms with E-state index in [9.17, 15) is 4.79 Å². The van der Waals surface area contributed by atoms with Gasteiger partial charge in [-0.15, -0.1) is 6.58 Å². The maximum absolute atomic E-state index is 12.7. The number of thiocarbonyl (C=S) groups is 1. The minimum atomic E-state index is -0.566. The molecule has 0 bridgehead atoms. The van der Waals surface area contributed by atoms with Crippen LogP contribution in [-0.4, -0.2) is 22.5 Å². The summed E-state index contributed by atoms with van der Waals surface area (Å²) in [5.41, 5.74) is 15.3. The number of amides is 1. The second-order valence-electron chi connectivity index (χ2n) is 6.89. The van der Waals surface area contributed by atoms with Crippen molar-refractivity contribution in [2.24, 2.45) is 0 Å². The van der Waals surface area contributed by atoms with Gasteiger partial charge in [0.25, 0.3) is 0 Å². The lowest BCUT2D eigenvalue weighted by molar-refractivity contribution is 0.0919. The fourth-order valence-electron chi connectivity index (χ4n) is 3.27. The first kappa shape index (κ1) is 21.1. The molecule has 2 heterocycles. The number of nitrogens with two attached hydrogens (primary N) is 1. The van der Waals surface area contributed by atoms with E-state index in [2.05, 4.69) is 27.7 Å². The Morgan fingerprint density at radius 3 is 2.38 bits per heavy atom. The van der Waals surface area contributed by atoms with Crippen molar-refractivity contribution in [1.29, 1.82) is 0 Å². The summed E-state index contributed by atoms with van der Waals surface area (Å²) in [5, 5.41) is 3.67. The van der Waals surface area contributed by atoms with Gasteiger partial charge in [-0.2, -0.15) is 0 Å². The normalized spacial score (nSPS) is 10.5. The Morgan fingerprint density at radius 1 is 1.06 bits per heavy atom. The molecule has 160 valence electrons. The number of pyridine rings is 1. The maximum Gasteiger partial charge on any atom is 0.307 e. The highest BCUT2D eigenvalue weighted by molar-refractivity contribution is 7.80. The number of nitrogens with zero attached hydrogens (tertiary/aromatic N) is 1. The van der Waals surface area contributed by atoms with E-state index in [-0.39, 0.29) is 22.3 Å². The largest absolute Gasteiger partial charge is 0.430 e. The summed E-state index contributed by atoms with van der Waals surface area (Å²) in [6, 6.07) is 21.5. The number of aromatic nitrogens is 1. The van der Waals surface area contributed by atoms with Crippen molar-refractivity contribution in [3.8, 4) is 22.4 Å². The number of hydrazine groups is 1. The predicted octanol–water partition coefficient (Wildman–Crippen LogP) is 4.04. The molecule has 0 saturated carbocycles. The Kier molecular flexibility index (Phi) is 6.14. The summed E-state index contributed by atoms with van der Waals surface area (Å²) >= 11 is 5.08. The van der Waals surface area contributed by atoms with E-state index >= 15 is 0 Å². The van der Waals surface area contributed by atoms with Crippen LogP contribution in [0.2, 0.25) is 0 Å². The van der Waals surface area contributed by atoms with Gasteiger partial charge in [-0.1, -0.05) is 66.7 Å². The summed E-state index contributed by atoms with van der Waals surface area (Å²) in [6.45, 7) is 4.06. The Bertz CT molecular complexity index is 1290. The minimum absolute atomic E-state index is 0.0473. The van der Waals surface area contributed by atoms with E-state index in [0.29, 0.717) is 17.6 Å². The molecule has 5 N–H and O–H groups in total. The lowest BCUT2D eigenvalue weighted by atomic mass is 9.99. The minimum Gasteiger partial charge on any atom is -0.430 e. The van der Waals surface area contributed by atoms with Gasteiger partial charge in [0, 0.05) is 12.1 Å². The highest BCUT2D eigenvalue weighted by Crippen LogP contribution is 2.38. The van der Waals surface area contributed by atoms with Crippen LogP contribution in [0.3, 0.4) is 0 Å². The number of hydrogen-bond acceptors (Lipinski definition) is 5. The number of benzene rings is 2. The first-order chi connectivity index (χ1) is 15.6. The fourth-order valence-corrected chi connectivity index (χ4v) is 3.41. The highest BCUT2D eigenvalue weighted by Gasteiger charge is 2.23. The van der Waals surface area contributed by atoms with E-state index in [4.69, 9.17) is 22.4 Å². The maximum atomic E-state index is 12.7. The van der Waals surface area contributed by atoms with E-state index < -0.39 is 5.91 Å². The molecule has 4 rings (SSSR count). The number of nitrogen functional groups attached to an aromatic ring is 1. The van der Waals surface area contributed by atoms with E-state index in [1.54, 1.807) is 6.08 Å². The van der Waals surface area contributed by atoms with Crippen molar-refractivity contribution in [2.75, 3.05) is 12.3 Å². The van der Waals surface area contributed by atoms with Crippen molar-refractivity contribution in [3.63, 3.8) is 0 Å². The monoisotopic (exact) mass is 443 g/mol. The highest BCUT2D eigenvalue weighted by atomic mass is 32.1. The molecular formula is C24H21N5O2S. The van der Waals surface area contributed by atoms with Gasteiger partial charge < -0.3 is 15.5 Å². The number of carbonyl (C=O) groups excluding carboxylic acids is 1. The van der Waals surface area contributed by atoms with Crippen molar-refractivity contribution < 1.29 is 9.21 Å². The Morgan fingerprint density at radius 2 is 1.72 bits per heavy atom. The van der Waals surface area contributed by atoms with Gasteiger partial charge in [-0.05, 0) is 29.4 Å². The average Bonchev–Trinajstić information content (AvgIpc) is 3.18. The van der Waals surface area contributed by atoms with Crippen LogP contribution in [-0.2, 0) is 0 Å². The second kappa shape index (κ2) is 9.32. The van der Waals surface area contributed by atoms with Crippen LogP contribution < -0.4 is 21.9 Å². The third kappa shape index (κ3) is 4.30. The Labute approximate surface area is 190 Å². The number of hydrogen-bond donors (Lipinski definition) is 4. The van der Waals surface area contributed by atoms with Gasteiger partial charge in [-0.3, -0.25) is 15.6 Å². The number of carbonyl (C=O) groups is 1. The van der Waals surface area contributed by atoms with Gasteiger partial charge >= 0.3 is 5.91 Å². The number of anilines is 1. The molecule has 7 nitrogen and oxygen atoms in total. The molecule has 0 spiro atoms. The predicted molar refractivity (Wildman–Crippen MR) is 131 cm³/mol. The quantitative estimate of drug-likeness (QED) is 0.210. The number of fused-ring (bicyclic) bond motifs is 1. The summed E-state index contributed by atoms with van der Waals surface area (Å²) in [6.07, 6.45) is 1.65. The lowest BCUT2D eigenvalue weighted by Crippen LogP contribution is -2.46. The van der Waals surface area contributed by atoms with Gasteiger partial charge in [-0.25, -0.2) is 4.98 Å². The molecule has 32 heavy (non-hydrogen) atoms. The summed E-state index contributed by atoms with van der Waals surface area (Å²) in [7, 11) is 0. The van der Waals surface area contributed by atoms with Gasteiger partial charge in [0.05, 0.1) is 16.8 Å². The number of rotatable bonds is 5. The molecule has 0 fully saturated rings. The van der Waals surface area contributed by atoms with Crippen LogP contribution in [0.15, 0.2) is 83.8 Å². The third-order valence-corrected chi connectivity index (χ3v) is 5.00. The second-order valence-corrected chi connectivity index (χ2v) is 7.30. The molecule has 0 aliphatic carbocycles. The standard InChI is InChI=1S/C24H21N5O2S/c1-2-13-26-24(32)29-28-22(30)21-20(25)19-17(15-9-5-3-6-10-15)14-18(27-23(19)31-21)16-11-7-4-8-12-16/h2-12,14H,1,13,25H2,(H,28,30)(H2,26,29,32). The molecule has 2 aromatic carbocycles. The van der Waals surface area contributed by atoms with Gasteiger partial charge in [0.1, 0.15) is 0 Å². The molecule has 0 radical (unpaired) electrons. The van der Waals surface area contributed by atoms with E-state index in [1.165, 1.54) is 0 Å². The molecule has 0 aliphatic heterocycles. The van der Waals surface area contributed by atoms with Crippen LogP contribution in [0.25, 0.3) is 33.5 Å². The molecule has 1 amide bonds. The first-order valence-electron chi connectivity index (χ1n) is 9.87. The SMILES string of the molecule is C=CCNC(=S)NNC(=O)c1oc2nc(-c3ccccc3)cc(-c3ccccc3)c2c1N. The lowest BCUT2D eigenvalue weighted by Gasteiger charge is -2.09. The van der Waals surface area contributed by atoms with Crippen molar-refractivity contribution in [3.05, 3.63) is 85.1 Å². The zero-order chi connectivity index (χ0) is 22.5. The molecule has 4 aromatic rings. The molecular weight excluding hydrogens is 422 g/mol. The third-order valence-electron chi connectivity index (χ3n) is 4.76. The van der Waals surface area contributed by atoms with Gasteiger partial charge in [0.2, 0.25) is 11.5 Å². The summed E-state index contributed by atoms with van der Waals surface area (Å²) < 4.78 is 5.83. The summed E-state index contributed by atoms with van der Waals surface area (Å²) in [5.74, 6) is -0.613. The zero-order valence-corrected chi connectivity index (χ0v) is 17.9. The molecule has 0 aliphatic rings. The van der Waals surface area contributed by atoms with Crippen LogP contribution >= 0.6 is 12.2 Å². The zero-order valence-electron chi connectivity index (χ0n) is 17.1. The topological polar surface area (TPSA) is 105 Å². The van der Waals surface area contributed by atoms with E-state index in [1.807, 2.05) is 66.7 Å². The molecule has 0 atom stereocenters. The smallest absolute Gasteiger partial charge is 0.307 e. The van der Waals surface area contributed by atoms with E-state index in [0.717, 1.165) is 16.7 Å². The van der Waals surface area contributed by atoms with Crippen LogP contribution in [0.5, 0.6) is 0 Å². The van der Waals surface area contributed by atoms with Crippen LogP contribution in [0, 0.1) is 0 Å². The van der Waals surface area contributed by atoms with Crippen LogP contribution in [0.4, 0.5) is 5.69 Å². The summed E-state index contributed by atoms with van der Waals surface area (Å²) in [4.78, 5) is 17.4.